The summed E-state index contributed by atoms with van der Waals surface area (Å²) in [6, 6.07) is 0.234. The molecule has 2 rings (SSSR count). The molecule has 1 aliphatic heterocycles. The topological polar surface area (TPSA) is 75.6 Å². The van der Waals surface area contributed by atoms with Gasteiger partial charge in [-0.25, -0.2) is 4.79 Å². The number of carbonyl (C=O) groups excluding carboxylic acids is 1. The Morgan fingerprint density at radius 1 is 1.14 bits per heavy atom. The number of carbonyl (C=O) groups is 1. The summed E-state index contributed by atoms with van der Waals surface area (Å²) in [5.74, 6) is 1.54. The van der Waals surface area contributed by atoms with Crippen molar-refractivity contribution in [1.82, 2.24) is 15.1 Å². The fourth-order valence-electron chi connectivity index (χ4n) is 3.47. The van der Waals surface area contributed by atoms with Gasteiger partial charge in [0.25, 0.3) is 0 Å². The molecular weight excluding hydrogens is 372 g/mol. The third kappa shape index (κ3) is 8.78. The molecule has 0 spiro atoms. The van der Waals surface area contributed by atoms with E-state index in [9.17, 15) is 4.79 Å². The average Bonchev–Trinajstić information content (AvgIpc) is 3.49. The Bertz CT molecular complexity index is 523. The second-order valence-corrected chi connectivity index (χ2v) is 8.87. The van der Waals surface area contributed by atoms with Crippen LogP contribution in [0.25, 0.3) is 0 Å². The van der Waals surface area contributed by atoms with Crippen molar-refractivity contribution in [1.29, 1.82) is 0 Å². The third-order valence-electron chi connectivity index (χ3n) is 5.16. The molecule has 2 fully saturated rings. The number of nitrogens with zero attached hydrogens (tertiary/aromatic N) is 3. The molecule has 1 amide bonds. The molecule has 168 valence electrons. The second-order valence-electron chi connectivity index (χ2n) is 8.87. The molecule has 0 unspecified atom stereocenters. The van der Waals surface area contributed by atoms with E-state index in [1.165, 1.54) is 12.8 Å². The Kier molecular flexibility index (Phi) is 9.49. The van der Waals surface area contributed by atoms with E-state index in [2.05, 4.69) is 15.2 Å². The number of piperidine rings is 1. The molecule has 29 heavy (non-hydrogen) atoms. The number of rotatable bonds is 9. The van der Waals surface area contributed by atoms with Gasteiger partial charge in [0.2, 0.25) is 0 Å². The number of guanidine groups is 1. The van der Waals surface area contributed by atoms with Crippen LogP contribution in [-0.4, -0.2) is 93.7 Å². The van der Waals surface area contributed by atoms with Crippen molar-refractivity contribution in [3.8, 4) is 0 Å². The first-order chi connectivity index (χ1) is 13.8. The monoisotopic (exact) mass is 412 g/mol. The van der Waals surface area contributed by atoms with Crippen LogP contribution in [0.2, 0.25) is 0 Å². The summed E-state index contributed by atoms with van der Waals surface area (Å²) in [6.45, 7) is 10.9. The zero-order chi connectivity index (χ0) is 21.3. The molecule has 0 bridgehead atoms. The molecule has 8 nitrogen and oxygen atoms in total. The van der Waals surface area contributed by atoms with Crippen LogP contribution in [0.5, 0.6) is 0 Å². The van der Waals surface area contributed by atoms with E-state index in [1.54, 1.807) is 14.2 Å². The molecule has 1 saturated carbocycles. The molecule has 0 radical (unpaired) electrons. The normalized spacial score (nSPS) is 18.7. The van der Waals surface area contributed by atoms with Crippen LogP contribution in [0.3, 0.4) is 0 Å². The highest BCUT2D eigenvalue weighted by Gasteiger charge is 2.35. The van der Waals surface area contributed by atoms with Crippen LogP contribution in [0.15, 0.2) is 4.99 Å². The molecule has 0 atom stereocenters. The molecule has 1 aliphatic carbocycles. The van der Waals surface area contributed by atoms with E-state index in [0.29, 0.717) is 32.3 Å². The van der Waals surface area contributed by atoms with Crippen molar-refractivity contribution in [2.75, 3.05) is 60.2 Å². The number of nitrogens with one attached hydrogen (secondary N) is 1. The number of likely N-dealkylation sites (tertiary alicyclic amines) is 1. The highest BCUT2D eigenvalue weighted by molar-refractivity contribution is 5.80. The number of hydrogen-bond donors (Lipinski definition) is 1. The lowest BCUT2D eigenvalue weighted by Crippen LogP contribution is -2.52. The summed E-state index contributed by atoms with van der Waals surface area (Å²) in [7, 11) is 3.47. The van der Waals surface area contributed by atoms with Crippen LogP contribution < -0.4 is 5.32 Å². The molecule has 0 aromatic heterocycles. The standard InChI is InChI=1S/C21H40N4O4/c1-21(2,3)29-20(26)25(16-17-6-7-17)18-8-11-24(12-9-18)19(22-4)23-10-13-28-15-14-27-5/h17-18H,6-16H2,1-5H3,(H,22,23). The highest BCUT2D eigenvalue weighted by Crippen LogP contribution is 2.32. The van der Waals surface area contributed by atoms with Crippen LogP contribution in [0.1, 0.15) is 46.5 Å². The molecule has 1 saturated heterocycles. The second kappa shape index (κ2) is 11.6. The SMILES string of the molecule is CN=C(NCCOCCOC)N1CCC(N(CC2CC2)C(=O)OC(C)(C)C)CC1. The molecular formula is C21H40N4O4. The van der Waals surface area contributed by atoms with E-state index in [-0.39, 0.29) is 12.1 Å². The number of methoxy groups -OCH3 is 1. The maximum absolute atomic E-state index is 12.8. The van der Waals surface area contributed by atoms with Crippen molar-refractivity contribution >= 4 is 12.1 Å². The Balaban J connectivity index is 1.80. The van der Waals surface area contributed by atoms with Gasteiger partial charge in [0.05, 0.1) is 19.8 Å². The van der Waals surface area contributed by atoms with Gasteiger partial charge in [-0.1, -0.05) is 0 Å². The van der Waals surface area contributed by atoms with Crippen molar-refractivity contribution in [2.24, 2.45) is 10.9 Å². The van der Waals surface area contributed by atoms with Crippen molar-refractivity contribution in [3.05, 3.63) is 0 Å². The molecule has 1 N–H and O–H groups in total. The van der Waals surface area contributed by atoms with Crippen molar-refractivity contribution in [3.63, 3.8) is 0 Å². The van der Waals surface area contributed by atoms with Gasteiger partial charge >= 0.3 is 6.09 Å². The lowest BCUT2D eigenvalue weighted by atomic mass is 10.0. The number of aliphatic imine (C=N–C) groups is 1. The van der Waals surface area contributed by atoms with Gasteiger partial charge < -0.3 is 29.3 Å². The first-order valence-electron chi connectivity index (χ1n) is 10.9. The summed E-state index contributed by atoms with van der Waals surface area (Å²) in [5, 5.41) is 3.36. The van der Waals surface area contributed by atoms with Gasteiger partial charge in [-0.3, -0.25) is 4.99 Å². The van der Waals surface area contributed by atoms with Gasteiger partial charge in [0.15, 0.2) is 5.96 Å². The smallest absolute Gasteiger partial charge is 0.410 e. The molecule has 2 aliphatic rings. The maximum atomic E-state index is 12.8. The first kappa shape index (κ1) is 23.7. The van der Waals surface area contributed by atoms with E-state index in [1.807, 2.05) is 25.7 Å². The average molecular weight is 413 g/mol. The van der Waals surface area contributed by atoms with E-state index >= 15 is 0 Å². The van der Waals surface area contributed by atoms with Gasteiger partial charge in [0, 0.05) is 46.4 Å². The number of hydrogen-bond acceptors (Lipinski definition) is 5. The minimum absolute atomic E-state index is 0.168. The van der Waals surface area contributed by atoms with Gasteiger partial charge in [-0.15, -0.1) is 0 Å². The van der Waals surface area contributed by atoms with Gasteiger partial charge in [-0.05, 0) is 52.4 Å². The van der Waals surface area contributed by atoms with Crippen molar-refractivity contribution < 1.29 is 19.0 Å². The lowest BCUT2D eigenvalue weighted by Gasteiger charge is -2.40. The van der Waals surface area contributed by atoms with Crippen LogP contribution >= 0.6 is 0 Å². The summed E-state index contributed by atoms with van der Waals surface area (Å²) in [5.41, 5.74) is -0.461. The molecule has 1 heterocycles. The number of amides is 1. The Labute approximate surface area is 175 Å². The zero-order valence-electron chi connectivity index (χ0n) is 18.9. The predicted octanol–water partition coefficient (Wildman–Crippen LogP) is 2.34. The predicted molar refractivity (Wildman–Crippen MR) is 114 cm³/mol. The van der Waals surface area contributed by atoms with E-state index in [0.717, 1.165) is 38.4 Å². The molecule has 8 heteroatoms. The number of ether oxygens (including phenoxy) is 3. The minimum atomic E-state index is -0.461. The maximum Gasteiger partial charge on any atom is 0.410 e. The summed E-state index contributed by atoms with van der Waals surface area (Å²) in [6.07, 6.45) is 4.13. The highest BCUT2D eigenvalue weighted by atomic mass is 16.6. The minimum Gasteiger partial charge on any atom is -0.444 e. The Morgan fingerprint density at radius 3 is 2.38 bits per heavy atom. The quantitative estimate of drug-likeness (QED) is 0.356. The van der Waals surface area contributed by atoms with Crippen molar-refractivity contribution in [2.45, 2.75) is 58.1 Å². The molecule has 0 aromatic carbocycles. The van der Waals surface area contributed by atoms with E-state index in [4.69, 9.17) is 14.2 Å². The van der Waals surface area contributed by atoms with Crippen LogP contribution in [0.4, 0.5) is 4.79 Å². The Morgan fingerprint density at radius 2 is 1.83 bits per heavy atom. The van der Waals surface area contributed by atoms with Gasteiger partial charge in [-0.2, -0.15) is 0 Å². The summed E-state index contributed by atoms with van der Waals surface area (Å²) in [4.78, 5) is 21.4. The van der Waals surface area contributed by atoms with Crippen LogP contribution in [0, 0.1) is 5.92 Å². The summed E-state index contributed by atoms with van der Waals surface area (Å²) >= 11 is 0. The largest absolute Gasteiger partial charge is 0.444 e. The van der Waals surface area contributed by atoms with E-state index < -0.39 is 5.60 Å². The van der Waals surface area contributed by atoms with Crippen LogP contribution in [-0.2, 0) is 14.2 Å². The lowest BCUT2D eigenvalue weighted by molar-refractivity contribution is 0.00926. The summed E-state index contributed by atoms with van der Waals surface area (Å²) < 4.78 is 16.2. The fraction of sp³-hybridized carbons (Fsp3) is 0.905. The molecule has 0 aromatic rings. The van der Waals surface area contributed by atoms with Gasteiger partial charge in [0.1, 0.15) is 5.60 Å². The zero-order valence-corrected chi connectivity index (χ0v) is 18.9. The third-order valence-corrected chi connectivity index (χ3v) is 5.16. The Hall–Kier alpha value is -1.54. The first-order valence-corrected chi connectivity index (χ1v) is 10.9. The fourth-order valence-corrected chi connectivity index (χ4v) is 3.47.